The van der Waals surface area contributed by atoms with Gasteiger partial charge in [-0.2, -0.15) is 13.2 Å². The predicted octanol–water partition coefficient (Wildman–Crippen LogP) is 2.23. The van der Waals surface area contributed by atoms with Gasteiger partial charge in [0.2, 0.25) is 0 Å². The Hall–Kier alpha value is -2.97. The number of rotatable bonds is 1. The molecule has 0 saturated heterocycles. The van der Waals surface area contributed by atoms with Crippen LogP contribution in [0, 0.1) is 5.82 Å². The van der Waals surface area contributed by atoms with Crippen molar-refractivity contribution in [1.29, 1.82) is 0 Å². The molecule has 0 bridgehead atoms. The molecule has 118 valence electrons. The van der Waals surface area contributed by atoms with Gasteiger partial charge < -0.3 is 0 Å². The van der Waals surface area contributed by atoms with Crippen molar-refractivity contribution in [3.63, 3.8) is 0 Å². The number of alkyl halides is 3. The van der Waals surface area contributed by atoms with E-state index in [4.69, 9.17) is 0 Å². The average molecular weight is 325 g/mol. The van der Waals surface area contributed by atoms with E-state index in [0.717, 1.165) is 12.1 Å². The van der Waals surface area contributed by atoms with Crippen molar-refractivity contribution in [3.8, 4) is 5.69 Å². The smallest absolute Gasteiger partial charge is 0.273 e. The van der Waals surface area contributed by atoms with E-state index in [0.29, 0.717) is 10.6 Å². The SMILES string of the molecule is O=c1[nH]c(=O)n(-c2ccccc2F)c2nc(C(F)(F)F)ccc12. The molecule has 23 heavy (non-hydrogen) atoms. The van der Waals surface area contributed by atoms with E-state index in [-0.39, 0.29) is 11.1 Å². The largest absolute Gasteiger partial charge is 0.433 e. The van der Waals surface area contributed by atoms with Crippen LogP contribution in [0.1, 0.15) is 5.69 Å². The topological polar surface area (TPSA) is 67.8 Å². The van der Waals surface area contributed by atoms with E-state index in [1.807, 2.05) is 4.98 Å². The van der Waals surface area contributed by atoms with Crippen molar-refractivity contribution < 1.29 is 17.6 Å². The van der Waals surface area contributed by atoms with E-state index >= 15 is 0 Å². The van der Waals surface area contributed by atoms with Gasteiger partial charge in [-0.05, 0) is 24.3 Å². The second-order valence-corrected chi connectivity index (χ2v) is 4.61. The first kappa shape index (κ1) is 14.9. The number of hydrogen-bond acceptors (Lipinski definition) is 3. The van der Waals surface area contributed by atoms with Crippen LogP contribution in [0.4, 0.5) is 17.6 Å². The van der Waals surface area contributed by atoms with Crippen molar-refractivity contribution in [3.05, 3.63) is 68.7 Å². The van der Waals surface area contributed by atoms with Gasteiger partial charge in [0.1, 0.15) is 11.5 Å². The number of para-hydroxylation sites is 1. The monoisotopic (exact) mass is 325 g/mol. The molecule has 0 saturated carbocycles. The third-order valence-corrected chi connectivity index (χ3v) is 3.14. The van der Waals surface area contributed by atoms with Crippen LogP contribution in [0.5, 0.6) is 0 Å². The number of aromatic amines is 1. The van der Waals surface area contributed by atoms with Crippen molar-refractivity contribution in [1.82, 2.24) is 14.5 Å². The van der Waals surface area contributed by atoms with Crippen molar-refractivity contribution >= 4 is 11.0 Å². The van der Waals surface area contributed by atoms with E-state index in [1.54, 1.807) is 0 Å². The number of nitrogens with one attached hydrogen (secondary N) is 1. The molecule has 0 aliphatic carbocycles. The molecule has 0 aliphatic heterocycles. The summed E-state index contributed by atoms with van der Waals surface area (Å²) in [5.74, 6) is -0.845. The molecule has 2 aromatic heterocycles. The highest BCUT2D eigenvalue weighted by atomic mass is 19.4. The van der Waals surface area contributed by atoms with E-state index in [1.165, 1.54) is 18.2 Å². The van der Waals surface area contributed by atoms with Crippen LogP contribution in [-0.4, -0.2) is 14.5 Å². The van der Waals surface area contributed by atoms with Gasteiger partial charge >= 0.3 is 11.9 Å². The standard InChI is InChI=1S/C14H7F4N3O2/c15-8-3-1-2-4-9(8)21-11-7(12(22)20-13(21)23)5-6-10(19-11)14(16,17)18/h1-6H,(H,20,22,23). The van der Waals surface area contributed by atoms with Crippen LogP contribution >= 0.6 is 0 Å². The molecule has 0 atom stereocenters. The molecule has 0 fully saturated rings. The lowest BCUT2D eigenvalue weighted by atomic mass is 10.2. The van der Waals surface area contributed by atoms with Gasteiger partial charge in [0, 0.05) is 0 Å². The maximum atomic E-state index is 13.9. The van der Waals surface area contributed by atoms with Crippen molar-refractivity contribution in [2.45, 2.75) is 6.18 Å². The Bertz CT molecular complexity index is 1020. The fourth-order valence-corrected chi connectivity index (χ4v) is 2.13. The predicted molar refractivity (Wildman–Crippen MR) is 72.9 cm³/mol. The minimum Gasteiger partial charge on any atom is -0.273 e. The highest BCUT2D eigenvalue weighted by molar-refractivity contribution is 5.75. The third-order valence-electron chi connectivity index (χ3n) is 3.14. The van der Waals surface area contributed by atoms with Crippen LogP contribution in [0.15, 0.2) is 46.0 Å². The van der Waals surface area contributed by atoms with E-state index < -0.39 is 34.6 Å². The summed E-state index contributed by atoms with van der Waals surface area (Å²) in [7, 11) is 0. The Morgan fingerprint density at radius 3 is 2.39 bits per heavy atom. The molecule has 9 heteroatoms. The van der Waals surface area contributed by atoms with Gasteiger partial charge in [0.15, 0.2) is 5.65 Å². The lowest BCUT2D eigenvalue weighted by Crippen LogP contribution is -2.30. The lowest BCUT2D eigenvalue weighted by Gasteiger charge is -2.11. The fraction of sp³-hybridized carbons (Fsp3) is 0.0714. The van der Waals surface area contributed by atoms with Gasteiger partial charge in [-0.1, -0.05) is 12.1 Å². The number of pyridine rings is 1. The van der Waals surface area contributed by atoms with Crippen LogP contribution in [-0.2, 0) is 6.18 Å². The molecule has 0 amide bonds. The van der Waals surface area contributed by atoms with Crippen LogP contribution < -0.4 is 11.2 Å². The molecule has 0 unspecified atom stereocenters. The Morgan fingerprint density at radius 1 is 1.04 bits per heavy atom. The molecule has 0 aliphatic rings. The molecule has 5 nitrogen and oxygen atoms in total. The summed E-state index contributed by atoms with van der Waals surface area (Å²) in [4.78, 5) is 29.0. The highest BCUT2D eigenvalue weighted by Gasteiger charge is 2.33. The summed E-state index contributed by atoms with van der Waals surface area (Å²) in [6.07, 6.45) is -4.77. The number of aromatic nitrogens is 3. The fourth-order valence-electron chi connectivity index (χ4n) is 2.13. The zero-order chi connectivity index (χ0) is 16.8. The van der Waals surface area contributed by atoms with Gasteiger partial charge in [-0.3, -0.25) is 9.78 Å². The number of hydrogen-bond donors (Lipinski definition) is 1. The zero-order valence-corrected chi connectivity index (χ0v) is 11.2. The number of benzene rings is 1. The lowest BCUT2D eigenvalue weighted by molar-refractivity contribution is -0.141. The number of halogens is 4. The quantitative estimate of drug-likeness (QED) is 0.698. The van der Waals surface area contributed by atoms with Crippen LogP contribution in [0.25, 0.3) is 16.7 Å². The molecule has 1 aromatic carbocycles. The maximum absolute atomic E-state index is 13.9. The van der Waals surface area contributed by atoms with Crippen LogP contribution in [0.2, 0.25) is 0 Å². The molecule has 0 radical (unpaired) electrons. The molecule has 3 aromatic rings. The normalized spacial score (nSPS) is 11.8. The van der Waals surface area contributed by atoms with Gasteiger partial charge in [-0.25, -0.2) is 18.7 Å². The van der Waals surface area contributed by atoms with E-state index in [9.17, 15) is 27.2 Å². The summed E-state index contributed by atoms with van der Waals surface area (Å²) in [6.45, 7) is 0. The first-order valence-corrected chi connectivity index (χ1v) is 6.27. The molecule has 1 N–H and O–H groups in total. The number of fused-ring (bicyclic) bond motifs is 1. The summed E-state index contributed by atoms with van der Waals surface area (Å²) < 4.78 is 53.0. The van der Waals surface area contributed by atoms with E-state index in [2.05, 4.69) is 4.98 Å². The van der Waals surface area contributed by atoms with Crippen molar-refractivity contribution in [2.24, 2.45) is 0 Å². The first-order chi connectivity index (χ1) is 10.8. The second kappa shape index (κ2) is 5.04. The first-order valence-electron chi connectivity index (χ1n) is 6.27. The third kappa shape index (κ3) is 2.50. The minimum atomic E-state index is -4.77. The molecular formula is C14H7F4N3O2. The Balaban J connectivity index is 2.48. The summed E-state index contributed by atoms with van der Waals surface area (Å²) >= 11 is 0. The Morgan fingerprint density at radius 2 is 1.74 bits per heavy atom. The van der Waals surface area contributed by atoms with Gasteiger partial charge in [0.05, 0.1) is 11.1 Å². The van der Waals surface area contributed by atoms with Crippen LogP contribution in [0.3, 0.4) is 0 Å². The molecular weight excluding hydrogens is 318 g/mol. The highest BCUT2D eigenvalue weighted by Crippen LogP contribution is 2.28. The van der Waals surface area contributed by atoms with Gasteiger partial charge in [0.25, 0.3) is 5.56 Å². The average Bonchev–Trinajstić information content (AvgIpc) is 2.47. The Labute approximate surface area is 124 Å². The zero-order valence-electron chi connectivity index (χ0n) is 11.2. The van der Waals surface area contributed by atoms with Gasteiger partial charge in [-0.15, -0.1) is 0 Å². The van der Waals surface area contributed by atoms with Crippen molar-refractivity contribution in [2.75, 3.05) is 0 Å². The minimum absolute atomic E-state index is 0.263. The molecule has 2 heterocycles. The summed E-state index contributed by atoms with van der Waals surface area (Å²) in [6, 6.07) is 6.49. The second-order valence-electron chi connectivity index (χ2n) is 4.61. The Kier molecular flexibility index (Phi) is 3.28. The molecule has 3 rings (SSSR count). The summed E-state index contributed by atoms with van der Waals surface area (Å²) in [5, 5.41) is -0.263. The number of H-pyrrole nitrogens is 1. The number of nitrogens with zero attached hydrogens (tertiary/aromatic N) is 2. The molecule has 0 spiro atoms. The maximum Gasteiger partial charge on any atom is 0.433 e. The summed E-state index contributed by atoms with van der Waals surface area (Å²) in [5.41, 5.74) is -4.16.